The molecule has 1 heterocycles. The van der Waals surface area contributed by atoms with E-state index in [1.54, 1.807) is 0 Å². The van der Waals surface area contributed by atoms with Crippen LogP contribution >= 0.6 is 12.4 Å². The van der Waals surface area contributed by atoms with Crippen LogP contribution in [0.2, 0.25) is 0 Å². The van der Waals surface area contributed by atoms with Gasteiger partial charge in [-0.2, -0.15) is 0 Å². The van der Waals surface area contributed by atoms with Crippen molar-refractivity contribution in [3.63, 3.8) is 0 Å². The molecule has 1 amide bonds. The molecule has 2 aliphatic rings. The van der Waals surface area contributed by atoms with Crippen LogP contribution in [-0.2, 0) is 4.79 Å². The highest BCUT2D eigenvalue weighted by Crippen LogP contribution is 2.40. The van der Waals surface area contributed by atoms with E-state index >= 15 is 0 Å². The monoisotopic (exact) mass is 288 g/mol. The van der Waals surface area contributed by atoms with Gasteiger partial charge in [-0.25, -0.2) is 0 Å². The van der Waals surface area contributed by atoms with Crippen molar-refractivity contribution in [3.05, 3.63) is 0 Å². The van der Waals surface area contributed by atoms with Gasteiger partial charge in [0.25, 0.3) is 0 Å². The summed E-state index contributed by atoms with van der Waals surface area (Å²) in [6.45, 7) is 6.25. The number of amides is 1. The average molecular weight is 289 g/mol. The number of hydrogen-bond donors (Lipinski definition) is 2. The van der Waals surface area contributed by atoms with Crippen LogP contribution in [0.3, 0.4) is 0 Å². The fraction of sp³-hybridized carbons (Fsp3) is 0.933. The predicted octanol–water partition coefficient (Wildman–Crippen LogP) is 3.03. The Labute approximate surface area is 123 Å². The quantitative estimate of drug-likeness (QED) is 0.816. The second-order valence-electron chi connectivity index (χ2n) is 6.21. The third-order valence-electron chi connectivity index (χ3n) is 5.32. The number of carbonyl (C=O) groups is 1. The second kappa shape index (κ2) is 6.94. The van der Waals surface area contributed by atoms with Crippen molar-refractivity contribution in [2.24, 2.45) is 5.41 Å². The SMILES string of the molecule is CCC1(CNC(=O)C2(CC)CCCN2)CCCC1.Cl. The van der Waals surface area contributed by atoms with Gasteiger partial charge in [0.05, 0.1) is 5.54 Å². The first kappa shape index (κ1) is 16.8. The first-order chi connectivity index (χ1) is 8.66. The maximum absolute atomic E-state index is 12.4. The zero-order valence-corrected chi connectivity index (χ0v) is 13.2. The number of hydrogen-bond acceptors (Lipinski definition) is 2. The van der Waals surface area contributed by atoms with Crippen LogP contribution in [0.15, 0.2) is 0 Å². The topological polar surface area (TPSA) is 41.1 Å². The Hall–Kier alpha value is -0.280. The van der Waals surface area contributed by atoms with E-state index < -0.39 is 0 Å². The first-order valence-corrected chi connectivity index (χ1v) is 7.70. The van der Waals surface area contributed by atoms with Gasteiger partial charge in [-0.15, -0.1) is 12.4 Å². The Kier molecular flexibility index (Phi) is 6.13. The third kappa shape index (κ3) is 3.43. The molecule has 3 nitrogen and oxygen atoms in total. The lowest BCUT2D eigenvalue weighted by Gasteiger charge is -2.32. The van der Waals surface area contributed by atoms with Crippen LogP contribution < -0.4 is 10.6 Å². The Morgan fingerprint density at radius 3 is 2.26 bits per heavy atom. The van der Waals surface area contributed by atoms with Crippen molar-refractivity contribution >= 4 is 18.3 Å². The van der Waals surface area contributed by atoms with Gasteiger partial charge in [-0.3, -0.25) is 4.79 Å². The molecule has 19 heavy (non-hydrogen) atoms. The molecule has 1 saturated carbocycles. The molecular formula is C15H29ClN2O. The number of rotatable bonds is 5. The van der Waals surface area contributed by atoms with Crippen LogP contribution in [0, 0.1) is 5.41 Å². The molecule has 4 heteroatoms. The van der Waals surface area contributed by atoms with E-state index in [2.05, 4.69) is 24.5 Å². The molecule has 0 radical (unpaired) electrons. The second-order valence-corrected chi connectivity index (χ2v) is 6.21. The minimum atomic E-state index is -0.270. The Morgan fingerprint density at radius 1 is 1.11 bits per heavy atom. The molecule has 1 saturated heterocycles. The van der Waals surface area contributed by atoms with Gasteiger partial charge in [0.15, 0.2) is 0 Å². The van der Waals surface area contributed by atoms with Crippen LogP contribution in [0.5, 0.6) is 0 Å². The summed E-state index contributed by atoms with van der Waals surface area (Å²) in [5, 5.41) is 6.66. The molecule has 0 aromatic rings. The van der Waals surface area contributed by atoms with Crippen molar-refractivity contribution in [1.82, 2.24) is 10.6 Å². The summed E-state index contributed by atoms with van der Waals surface area (Å²) in [5.74, 6) is 0.238. The molecule has 0 spiro atoms. The zero-order valence-electron chi connectivity index (χ0n) is 12.4. The molecule has 0 bridgehead atoms. The minimum Gasteiger partial charge on any atom is -0.354 e. The molecule has 1 aliphatic heterocycles. The van der Waals surface area contributed by atoms with Crippen molar-refractivity contribution in [2.45, 2.75) is 70.8 Å². The van der Waals surface area contributed by atoms with Gasteiger partial charge in [0.1, 0.15) is 0 Å². The molecule has 0 aromatic heterocycles. The molecule has 112 valence electrons. The molecule has 1 atom stereocenters. The van der Waals surface area contributed by atoms with Gasteiger partial charge in [0, 0.05) is 6.54 Å². The fourth-order valence-corrected chi connectivity index (χ4v) is 3.68. The number of halogens is 1. The fourth-order valence-electron chi connectivity index (χ4n) is 3.68. The molecule has 2 fully saturated rings. The smallest absolute Gasteiger partial charge is 0.240 e. The maximum Gasteiger partial charge on any atom is 0.240 e. The predicted molar refractivity (Wildman–Crippen MR) is 81.7 cm³/mol. The summed E-state index contributed by atoms with van der Waals surface area (Å²) in [7, 11) is 0. The molecule has 2 N–H and O–H groups in total. The van der Waals surface area contributed by atoms with E-state index in [4.69, 9.17) is 0 Å². The maximum atomic E-state index is 12.4. The summed E-state index contributed by atoms with van der Waals surface area (Å²) in [4.78, 5) is 12.4. The highest BCUT2D eigenvalue weighted by molar-refractivity contribution is 5.86. The summed E-state index contributed by atoms with van der Waals surface area (Å²) >= 11 is 0. The normalized spacial score (nSPS) is 28.9. The molecule has 1 unspecified atom stereocenters. The molecule has 2 rings (SSSR count). The average Bonchev–Trinajstić information content (AvgIpc) is 3.06. The lowest BCUT2D eigenvalue weighted by Crippen LogP contribution is -2.54. The Balaban J connectivity index is 0.00000180. The third-order valence-corrected chi connectivity index (χ3v) is 5.32. The van der Waals surface area contributed by atoms with E-state index in [9.17, 15) is 4.79 Å². The van der Waals surface area contributed by atoms with Crippen LogP contribution in [-0.4, -0.2) is 24.5 Å². The first-order valence-electron chi connectivity index (χ1n) is 7.70. The highest BCUT2D eigenvalue weighted by atomic mass is 35.5. The van der Waals surface area contributed by atoms with Gasteiger partial charge < -0.3 is 10.6 Å². The van der Waals surface area contributed by atoms with Crippen molar-refractivity contribution in [2.75, 3.05) is 13.1 Å². The summed E-state index contributed by atoms with van der Waals surface area (Å²) in [5.41, 5.74) is 0.122. The van der Waals surface area contributed by atoms with Gasteiger partial charge in [-0.05, 0) is 50.5 Å². The molecule has 0 aromatic carbocycles. The van der Waals surface area contributed by atoms with Gasteiger partial charge >= 0.3 is 0 Å². The van der Waals surface area contributed by atoms with E-state index in [0.717, 1.165) is 32.4 Å². The Morgan fingerprint density at radius 2 is 1.79 bits per heavy atom. The summed E-state index contributed by atoms with van der Waals surface area (Å²) in [6.07, 6.45) is 9.46. The summed E-state index contributed by atoms with van der Waals surface area (Å²) in [6, 6.07) is 0. The van der Waals surface area contributed by atoms with Crippen molar-refractivity contribution in [1.29, 1.82) is 0 Å². The van der Waals surface area contributed by atoms with Crippen molar-refractivity contribution < 1.29 is 4.79 Å². The van der Waals surface area contributed by atoms with Gasteiger partial charge in [-0.1, -0.05) is 26.7 Å². The highest BCUT2D eigenvalue weighted by Gasteiger charge is 2.40. The lowest BCUT2D eigenvalue weighted by molar-refractivity contribution is -0.127. The van der Waals surface area contributed by atoms with E-state index in [1.165, 1.54) is 32.1 Å². The molecular weight excluding hydrogens is 260 g/mol. The van der Waals surface area contributed by atoms with Gasteiger partial charge in [0.2, 0.25) is 5.91 Å². The van der Waals surface area contributed by atoms with Crippen LogP contribution in [0.25, 0.3) is 0 Å². The minimum absolute atomic E-state index is 0. The molecule has 1 aliphatic carbocycles. The van der Waals surface area contributed by atoms with Crippen molar-refractivity contribution in [3.8, 4) is 0 Å². The number of carbonyl (C=O) groups excluding carboxylic acids is 1. The van der Waals surface area contributed by atoms with E-state index in [1.807, 2.05) is 0 Å². The zero-order chi connectivity index (χ0) is 13.1. The lowest BCUT2D eigenvalue weighted by atomic mass is 9.83. The summed E-state index contributed by atoms with van der Waals surface area (Å²) < 4.78 is 0. The van der Waals surface area contributed by atoms with E-state index in [0.29, 0.717) is 5.41 Å². The van der Waals surface area contributed by atoms with Crippen LogP contribution in [0.1, 0.15) is 65.2 Å². The Bertz CT molecular complexity index is 295. The largest absolute Gasteiger partial charge is 0.354 e. The van der Waals surface area contributed by atoms with E-state index in [-0.39, 0.29) is 23.9 Å². The van der Waals surface area contributed by atoms with Crippen LogP contribution in [0.4, 0.5) is 0 Å². The number of nitrogens with one attached hydrogen (secondary N) is 2. The standard InChI is InChI=1S/C15H28N2O.ClH/c1-3-14(8-5-6-9-14)12-16-13(18)15(4-2)10-7-11-17-15;/h17H,3-12H2,1-2H3,(H,16,18);1H.